The third kappa shape index (κ3) is 3.19. The molecular weight excluding hydrogens is 270 g/mol. The van der Waals surface area contributed by atoms with Gasteiger partial charge in [-0.2, -0.15) is 10.1 Å². The van der Waals surface area contributed by atoms with E-state index in [2.05, 4.69) is 32.4 Å². The highest BCUT2D eigenvalue weighted by atomic mass is 16.6. The average Bonchev–Trinajstić information content (AvgIpc) is 2.53. The molecule has 1 aliphatic heterocycles. The number of fused-ring (bicyclic) bond motifs is 1. The molecular formula is C14H15N5O2. The number of ether oxygens (including phenoxy) is 2. The fraction of sp³-hybridized carbons (Fsp3) is 0.214. The Morgan fingerprint density at radius 3 is 2.95 bits per heavy atom. The van der Waals surface area contributed by atoms with Crippen LogP contribution in [-0.4, -0.2) is 34.9 Å². The Kier molecular flexibility index (Phi) is 3.81. The lowest BCUT2D eigenvalue weighted by molar-refractivity contribution is 0.171. The minimum Gasteiger partial charge on any atom is -0.486 e. The van der Waals surface area contributed by atoms with E-state index in [9.17, 15) is 0 Å². The Hall–Kier alpha value is -2.83. The molecule has 0 saturated carbocycles. The molecule has 21 heavy (non-hydrogen) atoms. The molecule has 0 aliphatic carbocycles. The predicted molar refractivity (Wildman–Crippen MR) is 79.2 cm³/mol. The smallest absolute Gasteiger partial charge is 0.244 e. The largest absolute Gasteiger partial charge is 0.486 e. The third-order valence-electron chi connectivity index (χ3n) is 2.78. The summed E-state index contributed by atoms with van der Waals surface area (Å²) in [7, 11) is 0. The molecule has 108 valence electrons. The van der Waals surface area contributed by atoms with Crippen molar-refractivity contribution in [2.45, 2.75) is 0 Å². The van der Waals surface area contributed by atoms with Crippen molar-refractivity contribution >= 4 is 17.5 Å². The van der Waals surface area contributed by atoms with Crippen molar-refractivity contribution in [3.05, 3.63) is 37.1 Å². The Bertz CT molecular complexity index is 647. The van der Waals surface area contributed by atoms with Crippen LogP contribution < -0.4 is 20.1 Å². The SMILES string of the molecule is C=CCNc1nncc(Nc2ccc3c(c2)OCCO3)n1. The van der Waals surface area contributed by atoms with E-state index in [1.54, 1.807) is 12.3 Å². The van der Waals surface area contributed by atoms with Gasteiger partial charge in [0.2, 0.25) is 5.95 Å². The van der Waals surface area contributed by atoms with Crippen LogP contribution in [0.1, 0.15) is 0 Å². The van der Waals surface area contributed by atoms with E-state index in [1.807, 2.05) is 18.2 Å². The average molecular weight is 285 g/mol. The third-order valence-corrected chi connectivity index (χ3v) is 2.78. The predicted octanol–water partition coefficient (Wildman–Crippen LogP) is 1.98. The molecule has 2 heterocycles. The summed E-state index contributed by atoms with van der Waals surface area (Å²) >= 11 is 0. The van der Waals surface area contributed by atoms with E-state index < -0.39 is 0 Å². The van der Waals surface area contributed by atoms with Gasteiger partial charge in [-0.25, -0.2) is 0 Å². The quantitative estimate of drug-likeness (QED) is 0.813. The number of nitrogens with one attached hydrogen (secondary N) is 2. The van der Waals surface area contributed by atoms with Crippen LogP contribution in [0.25, 0.3) is 0 Å². The number of hydrogen-bond acceptors (Lipinski definition) is 7. The molecule has 0 atom stereocenters. The molecule has 1 aromatic heterocycles. The first kappa shape index (κ1) is 13.2. The van der Waals surface area contributed by atoms with Gasteiger partial charge in [0, 0.05) is 18.3 Å². The lowest BCUT2D eigenvalue weighted by atomic mass is 10.2. The van der Waals surface area contributed by atoms with Crippen molar-refractivity contribution in [2.24, 2.45) is 0 Å². The highest BCUT2D eigenvalue weighted by Crippen LogP contribution is 2.33. The van der Waals surface area contributed by atoms with Crippen LogP contribution in [0, 0.1) is 0 Å². The van der Waals surface area contributed by atoms with Gasteiger partial charge in [-0.1, -0.05) is 6.08 Å². The zero-order chi connectivity index (χ0) is 14.5. The first-order valence-electron chi connectivity index (χ1n) is 6.56. The molecule has 1 aromatic carbocycles. The summed E-state index contributed by atoms with van der Waals surface area (Å²) in [4.78, 5) is 4.30. The van der Waals surface area contributed by atoms with E-state index in [-0.39, 0.29) is 0 Å². The van der Waals surface area contributed by atoms with Gasteiger partial charge in [-0.05, 0) is 12.1 Å². The summed E-state index contributed by atoms with van der Waals surface area (Å²) in [5.74, 6) is 2.50. The topological polar surface area (TPSA) is 81.2 Å². The Morgan fingerprint density at radius 2 is 2.10 bits per heavy atom. The lowest BCUT2D eigenvalue weighted by Crippen LogP contribution is -2.15. The van der Waals surface area contributed by atoms with E-state index in [0.29, 0.717) is 31.5 Å². The van der Waals surface area contributed by atoms with Crippen LogP contribution in [0.15, 0.2) is 37.1 Å². The van der Waals surface area contributed by atoms with Crippen molar-refractivity contribution in [2.75, 3.05) is 30.4 Å². The van der Waals surface area contributed by atoms with Crippen molar-refractivity contribution in [1.29, 1.82) is 0 Å². The minimum absolute atomic E-state index is 0.442. The normalized spacial score (nSPS) is 12.6. The first-order chi connectivity index (χ1) is 10.3. The van der Waals surface area contributed by atoms with Gasteiger partial charge in [-0.3, -0.25) is 0 Å². The van der Waals surface area contributed by atoms with Crippen molar-refractivity contribution in [1.82, 2.24) is 15.2 Å². The Labute approximate surface area is 122 Å². The molecule has 0 unspecified atom stereocenters. The molecule has 7 heteroatoms. The number of aromatic nitrogens is 3. The van der Waals surface area contributed by atoms with Crippen LogP contribution in [0.5, 0.6) is 11.5 Å². The number of anilines is 3. The molecule has 0 fully saturated rings. The molecule has 0 spiro atoms. The summed E-state index contributed by atoms with van der Waals surface area (Å²) < 4.78 is 11.0. The van der Waals surface area contributed by atoms with Crippen LogP contribution in [0.3, 0.4) is 0 Å². The fourth-order valence-corrected chi connectivity index (χ4v) is 1.87. The van der Waals surface area contributed by atoms with E-state index in [4.69, 9.17) is 9.47 Å². The second-order valence-electron chi connectivity index (χ2n) is 4.32. The van der Waals surface area contributed by atoms with Gasteiger partial charge in [0.1, 0.15) is 13.2 Å². The van der Waals surface area contributed by atoms with Gasteiger partial charge < -0.3 is 20.1 Å². The highest BCUT2D eigenvalue weighted by Gasteiger charge is 2.12. The van der Waals surface area contributed by atoms with Gasteiger partial charge in [0.05, 0.1) is 6.20 Å². The maximum Gasteiger partial charge on any atom is 0.244 e. The lowest BCUT2D eigenvalue weighted by Gasteiger charge is -2.19. The molecule has 2 aromatic rings. The molecule has 2 N–H and O–H groups in total. The maximum atomic E-state index is 5.54. The van der Waals surface area contributed by atoms with E-state index >= 15 is 0 Å². The second kappa shape index (κ2) is 6.08. The van der Waals surface area contributed by atoms with E-state index in [1.165, 1.54) is 0 Å². The first-order valence-corrected chi connectivity index (χ1v) is 6.56. The van der Waals surface area contributed by atoms with Crippen LogP contribution in [-0.2, 0) is 0 Å². The molecule has 0 saturated heterocycles. The number of hydrogen-bond donors (Lipinski definition) is 2. The monoisotopic (exact) mass is 285 g/mol. The standard InChI is InChI=1S/C14H15N5O2/c1-2-5-15-14-18-13(9-16-19-14)17-10-3-4-11-12(8-10)21-7-6-20-11/h2-4,8-9H,1,5-7H2,(H2,15,17,18,19). The van der Waals surface area contributed by atoms with Crippen molar-refractivity contribution in [3.63, 3.8) is 0 Å². The number of benzene rings is 1. The van der Waals surface area contributed by atoms with Gasteiger partial charge >= 0.3 is 0 Å². The van der Waals surface area contributed by atoms with Gasteiger partial charge in [-0.15, -0.1) is 11.7 Å². The Balaban J connectivity index is 1.75. The zero-order valence-electron chi connectivity index (χ0n) is 11.4. The van der Waals surface area contributed by atoms with Gasteiger partial charge in [0.25, 0.3) is 0 Å². The van der Waals surface area contributed by atoms with Crippen molar-refractivity contribution in [3.8, 4) is 11.5 Å². The van der Waals surface area contributed by atoms with E-state index in [0.717, 1.165) is 17.2 Å². The number of rotatable bonds is 5. The highest BCUT2D eigenvalue weighted by molar-refractivity contribution is 5.61. The summed E-state index contributed by atoms with van der Waals surface area (Å²) in [6.45, 7) is 5.34. The molecule has 3 rings (SSSR count). The van der Waals surface area contributed by atoms with Crippen LogP contribution in [0.2, 0.25) is 0 Å². The van der Waals surface area contributed by atoms with Crippen molar-refractivity contribution < 1.29 is 9.47 Å². The van der Waals surface area contributed by atoms with Crippen LogP contribution >= 0.6 is 0 Å². The summed E-state index contributed by atoms with van der Waals surface area (Å²) in [5.41, 5.74) is 0.842. The Morgan fingerprint density at radius 1 is 1.24 bits per heavy atom. The van der Waals surface area contributed by atoms with Gasteiger partial charge in [0.15, 0.2) is 17.3 Å². The number of nitrogens with zero attached hydrogens (tertiary/aromatic N) is 3. The summed E-state index contributed by atoms with van der Waals surface area (Å²) in [6.07, 6.45) is 3.28. The summed E-state index contributed by atoms with van der Waals surface area (Å²) in [5, 5.41) is 13.9. The zero-order valence-corrected chi connectivity index (χ0v) is 11.4. The van der Waals surface area contributed by atoms with Crippen LogP contribution in [0.4, 0.5) is 17.5 Å². The molecule has 0 radical (unpaired) electrons. The molecule has 0 amide bonds. The maximum absolute atomic E-state index is 5.54. The minimum atomic E-state index is 0.442. The fourth-order valence-electron chi connectivity index (χ4n) is 1.87. The molecule has 1 aliphatic rings. The molecule has 7 nitrogen and oxygen atoms in total. The summed E-state index contributed by atoms with van der Waals surface area (Å²) in [6, 6.07) is 5.63. The second-order valence-corrected chi connectivity index (χ2v) is 4.32. The molecule has 0 bridgehead atoms.